The van der Waals surface area contributed by atoms with Crippen molar-refractivity contribution in [3.63, 3.8) is 0 Å². The van der Waals surface area contributed by atoms with E-state index in [2.05, 4.69) is 15.9 Å². The molecule has 2 nitrogen and oxygen atoms in total. The number of carbonyl (C=O) groups is 1. The molecule has 0 radical (unpaired) electrons. The summed E-state index contributed by atoms with van der Waals surface area (Å²) in [6.45, 7) is 3.23. The number of halogens is 2. The van der Waals surface area contributed by atoms with Gasteiger partial charge >= 0.3 is 0 Å². The van der Waals surface area contributed by atoms with Gasteiger partial charge in [0.25, 0.3) is 5.91 Å². The molecular weight excluding hydrogens is 273 g/mol. The molecule has 0 aromatic heterocycles. The lowest BCUT2D eigenvalue weighted by molar-refractivity contribution is 0.0793. The first-order valence-corrected chi connectivity index (χ1v) is 6.18. The van der Waals surface area contributed by atoms with Gasteiger partial charge in [-0.15, -0.1) is 0 Å². The van der Waals surface area contributed by atoms with E-state index in [0.29, 0.717) is 16.9 Å². The highest BCUT2D eigenvalue weighted by Gasteiger charge is 2.25. The van der Waals surface area contributed by atoms with E-state index in [1.165, 1.54) is 12.1 Å². The van der Waals surface area contributed by atoms with Crippen molar-refractivity contribution >= 4 is 21.8 Å². The molecule has 1 aromatic carbocycles. The number of carbonyl (C=O) groups excluding carboxylic acids is 1. The number of alkyl halides is 1. The molecule has 1 saturated heterocycles. The van der Waals surface area contributed by atoms with Crippen LogP contribution in [0, 0.1) is 12.7 Å². The predicted molar refractivity (Wildman–Crippen MR) is 64.4 cm³/mol. The summed E-state index contributed by atoms with van der Waals surface area (Å²) in [7, 11) is 0. The van der Waals surface area contributed by atoms with Crippen molar-refractivity contribution in [3.8, 4) is 0 Å². The van der Waals surface area contributed by atoms with Gasteiger partial charge in [-0.3, -0.25) is 4.79 Å². The smallest absolute Gasteiger partial charge is 0.254 e. The Labute approximate surface area is 103 Å². The highest BCUT2D eigenvalue weighted by Crippen LogP contribution is 2.19. The summed E-state index contributed by atoms with van der Waals surface area (Å²) in [5.41, 5.74) is 1.22. The summed E-state index contributed by atoms with van der Waals surface area (Å²) in [5, 5.41) is 0. The Morgan fingerprint density at radius 2 is 2.25 bits per heavy atom. The summed E-state index contributed by atoms with van der Waals surface area (Å²) in [6.07, 6.45) is 0.958. The Kier molecular flexibility index (Phi) is 3.28. The Bertz CT molecular complexity index is 401. The Morgan fingerprint density at radius 1 is 1.50 bits per heavy atom. The van der Waals surface area contributed by atoms with Crippen LogP contribution in [0.5, 0.6) is 0 Å². The number of rotatable bonds is 1. The minimum Gasteiger partial charge on any atom is -0.337 e. The van der Waals surface area contributed by atoms with Crippen molar-refractivity contribution in [2.75, 3.05) is 13.1 Å². The number of amides is 1. The Hall–Kier alpha value is -0.900. The lowest BCUT2D eigenvalue weighted by atomic mass is 10.1. The van der Waals surface area contributed by atoms with E-state index in [9.17, 15) is 9.18 Å². The summed E-state index contributed by atoms with van der Waals surface area (Å²) in [6, 6.07) is 4.46. The lowest BCUT2D eigenvalue weighted by Gasteiger charge is -2.15. The second-order valence-electron chi connectivity index (χ2n) is 4.15. The number of hydrogen-bond acceptors (Lipinski definition) is 1. The van der Waals surface area contributed by atoms with Crippen LogP contribution in [0.4, 0.5) is 4.39 Å². The third-order valence-corrected chi connectivity index (χ3v) is 3.45. The molecule has 1 atom stereocenters. The maximum Gasteiger partial charge on any atom is 0.254 e. The SMILES string of the molecule is Cc1cc(F)cc(C(=O)N2CCC(Br)C2)c1. The molecule has 86 valence electrons. The quantitative estimate of drug-likeness (QED) is 0.727. The van der Waals surface area contributed by atoms with Crippen molar-refractivity contribution in [3.05, 3.63) is 35.1 Å². The summed E-state index contributed by atoms with van der Waals surface area (Å²) in [5.74, 6) is -0.428. The van der Waals surface area contributed by atoms with Crippen molar-refractivity contribution in [2.45, 2.75) is 18.2 Å². The van der Waals surface area contributed by atoms with Gasteiger partial charge in [0, 0.05) is 23.5 Å². The molecule has 4 heteroatoms. The second kappa shape index (κ2) is 4.53. The van der Waals surface area contributed by atoms with Crippen molar-refractivity contribution < 1.29 is 9.18 Å². The minimum atomic E-state index is -0.349. The molecule has 0 N–H and O–H groups in total. The fourth-order valence-corrected chi connectivity index (χ4v) is 2.50. The number of hydrogen-bond donors (Lipinski definition) is 0. The van der Waals surface area contributed by atoms with Gasteiger partial charge in [0.15, 0.2) is 0 Å². The first-order valence-electron chi connectivity index (χ1n) is 5.27. The highest BCUT2D eigenvalue weighted by molar-refractivity contribution is 9.09. The number of aryl methyl sites for hydroxylation is 1. The lowest BCUT2D eigenvalue weighted by Crippen LogP contribution is -2.28. The molecule has 0 spiro atoms. The van der Waals surface area contributed by atoms with Crippen molar-refractivity contribution in [1.82, 2.24) is 4.90 Å². The van der Waals surface area contributed by atoms with Crippen LogP contribution in [0.1, 0.15) is 22.3 Å². The number of likely N-dealkylation sites (tertiary alicyclic amines) is 1. The van der Waals surface area contributed by atoms with Gasteiger partial charge in [0.05, 0.1) is 0 Å². The zero-order chi connectivity index (χ0) is 11.7. The van der Waals surface area contributed by atoms with E-state index >= 15 is 0 Å². The fraction of sp³-hybridized carbons (Fsp3) is 0.417. The van der Waals surface area contributed by atoms with Gasteiger partial charge < -0.3 is 4.90 Å². The van der Waals surface area contributed by atoms with Crippen LogP contribution < -0.4 is 0 Å². The molecule has 2 rings (SSSR count). The third-order valence-electron chi connectivity index (χ3n) is 2.71. The van der Waals surface area contributed by atoms with Crippen LogP contribution in [0.25, 0.3) is 0 Å². The average Bonchev–Trinajstić information content (AvgIpc) is 2.62. The molecule has 1 heterocycles. The Balaban J connectivity index is 2.20. The summed E-state index contributed by atoms with van der Waals surface area (Å²) < 4.78 is 13.2. The molecule has 0 aliphatic carbocycles. The van der Waals surface area contributed by atoms with Crippen molar-refractivity contribution in [2.24, 2.45) is 0 Å². The van der Waals surface area contributed by atoms with Crippen LogP contribution in [0.2, 0.25) is 0 Å². The Morgan fingerprint density at radius 3 is 2.81 bits per heavy atom. The number of nitrogens with zero attached hydrogens (tertiary/aromatic N) is 1. The molecule has 1 aromatic rings. The van der Waals surface area contributed by atoms with Gasteiger partial charge in [0.2, 0.25) is 0 Å². The minimum absolute atomic E-state index is 0.0791. The number of benzene rings is 1. The summed E-state index contributed by atoms with van der Waals surface area (Å²) >= 11 is 3.48. The van der Waals surface area contributed by atoms with Crippen molar-refractivity contribution in [1.29, 1.82) is 0 Å². The van der Waals surface area contributed by atoms with Crippen LogP contribution in [-0.2, 0) is 0 Å². The maximum absolute atomic E-state index is 13.2. The molecular formula is C12H13BrFNO. The highest BCUT2D eigenvalue weighted by atomic mass is 79.9. The monoisotopic (exact) mass is 285 g/mol. The zero-order valence-electron chi connectivity index (χ0n) is 9.04. The summed E-state index contributed by atoms with van der Waals surface area (Å²) in [4.78, 5) is 14.2. The molecule has 0 saturated carbocycles. The van der Waals surface area contributed by atoms with E-state index in [4.69, 9.17) is 0 Å². The largest absolute Gasteiger partial charge is 0.337 e. The van der Waals surface area contributed by atoms with Crippen LogP contribution >= 0.6 is 15.9 Å². The standard InChI is InChI=1S/C12H13BrFNO/c1-8-4-9(6-11(14)5-8)12(16)15-3-2-10(13)7-15/h4-6,10H,2-3,7H2,1H3. The van der Waals surface area contributed by atoms with E-state index in [1.54, 1.807) is 17.9 Å². The first-order chi connectivity index (χ1) is 7.56. The normalized spacial score (nSPS) is 20.2. The molecule has 1 fully saturated rings. The van der Waals surface area contributed by atoms with E-state index < -0.39 is 0 Å². The third kappa shape index (κ3) is 2.43. The second-order valence-corrected chi connectivity index (χ2v) is 5.45. The van der Waals surface area contributed by atoms with Gasteiger partial charge in [0.1, 0.15) is 5.82 Å². The molecule has 0 bridgehead atoms. The topological polar surface area (TPSA) is 20.3 Å². The zero-order valence-corrected chi connectivity index (χ0v) is 10.6. The first kappa shape index (κ1) is 11.6. The van der Waals surface area contributed by atoms with Gasteiger partial charge in [-0.05, 0) is 37.1 Å². The fourth-order valence-electron chi connectivity index (χ4n) is 1.94. The predicted octanol–water partition coefficient (Wildman–Crippen LogP) is 2.74. The molecule has 16 heavy (non-hydrogen) atoms. The van der Waals surface area contributed by atoms with E-state index in [-0.39, 0.29) is 11.7 Å². The molecule has 1 amide bonds. The van der Waals surface area contributed by atoms with Gasteiger partial charge in [-0.2, -0.15) is 0 Å². The molecule has 1 aliphatic rings. The van der Waals surface area contributed by atoms with Crippen LogP contribution in [0.15, 0.2) is 18.2 Å². The molecule has 1 aliphatic heterocycles. The van der Waals surface area contributed by atoms with E-state index in [1.807, 2.05) is 0 Å². The van der Waals surface area contributed by atoms with Crippen LogP contribution in [0.3, 0.4) is 0 Å². The molecule has 1 unspecified atom stereocenters. The van der Waals surface area contributed by atoms with E-state index in [0.717, 1.165) is 18.5 Å². The van der Waals surface area contributed by atoms with Gasteiger partial charge in [-0.1, -0.05) is 15.9 Å². The average molecular weight is 286 g/mol. The van der Waals surface area contributed by atoms with Gasteiger partial charge in [-0.25, -0.2) is 4.39 Å². The maximum atomic E-state index is 13.2. The van der Waals surface area contributed by atoms with Crippen LogP contribution in [-0.4, -0.2) is 28.7 Å².